The molecule has 98 valence electrons. The summed E-state index contributed by atoms with van der Waals surface area (Å²) in [6, 6.07) is 10.5. The van der Waals surface area contributed by atoms with E-state index < -0.39 is 0 Å². The summed E-state index contributed by atoms with van der Waals surface area (Å²) in [4.78, 5) is 4.22. The molecule has 2 bridgehead atoms. The van der Waals surface area contributed by atoms with E-state index in [9.17, 15) is 0 Å². The van der Waals surface area contributed by atoms with E-state index in [0.29, 0.717) is 0 Å². The molecule has 1 aromatic carbocycles. The van der Waals surface area contributed by atoms with Crippen molar-refractivity contribution in [3.8, 4) is 0 Å². The molecule has 2 aliphatic heterocycles. The van der Waals surface area contributed by atoms with Crippen LogP contribution in [0.15, 0.2) is 36.7 Å². The van der Waals surface area contributed by atoms with Gasteiger partial charge in [-0.2, -0.15) is 0 Å². The standard InChI is InChI=1S/C17H20N2/c1-2-14-5-6-18-11-15(14)8-12(1)7-13-9-16-3-4-17(10-13)19-16/h1-2,5-6,8,11,13,16-17,19H,3-4,7,9-10H2/t13?,16-,17+. The Kier molecular flexibility index (Phi) is 2.77. The molecule has 3 heterocycles. The number of pyridine rings is 1. The van der Waals surface area contributed by atoms with Gasteiger partial charge in [-0.1, -0.05) is 12.1 Å². The minimum Gasteiger partial charge on any atom is -0.311 e. The summed E-state index contributed by atoms with van der Waals surface area (Å²) in [5.74, 6) is 0.868. The van der Waals surface area contributed by atoms with Gasteiger partial charge in [0.2, 0.25) is 0 Å². The summed E-state index contributed by atoms with van der Waals surface area (Å²) in [6.07, 6.45) is 10.6. The van der Waals surface area contributed by atoms with Crippen LogP contribution in [-0.2, 0) is 6.42 Å². The van der Waals surface area contributed by atoms with Crippen LogP contribution in [0.4, 0.5) is 0 Å². The van der Waals surface area contributed by atoms with Crippen molar-refractivity contribution in [2.24, 2.45) is 5.92 Å². The predicted octanol–water partition coefficient (Wildman–Crippen LogP) is 3.31. The summed E-state index contributed by atoms with van der Waals surface area (Å²) in [7, 11) is 0. The lowest BCUT2D eigenvalue weighted by Gasteiger charge is -2.29. The summed E-state index contributed by atoms with van der Waals surface area (Å²) in [6.45, 7) is 0. The molecule has 2 aromatic rings. The molecule has 1 aromatic heterocycles. The number of aromatic nitrogens is 1. The minimum atomic E-state index is 0.797. The van der Waals surface area contributed by atoms with Crippen molar-refractivity contribution in [2.45, 2.75) is 44.2 Å². The SMILES string of the molecule is c1cc2ccc(CC3C[C@H]4CC[C@@H](C3)N4)cc2cn1. The molecule has 1 N–H and O–H groups in total. The van der Waals surface area contributed by atoms with E-state index in [-0.39, 0.29) is 0 Å². The number of benzene rings is 1. The lowest BCUT2D eigenvalue weighted by atomic mass is 9.87. The number of rotatable bonds is 2. The first-order chi connectivity index (χ1) is 9.37. The van der Waals surface area contributed by atoms with Gasteiger partial charge in [-0.05, 0) is 61.1 Å². The van der Waals surface area contributed by atoms with Crippen molar-refractivity contribution in [2.75, 3.05) is 0 Å². The van der Waals surface area contributed by atoms with Crippen LogP contribution in [0.1, 0.15) is 31.2 Å². The highest BCUT2D eigenvalue weighted by molar-refractivity contribution is 5.81. The van der Waals surface area contributed by atoms with Crippen molar-refractivity contribution in [1.29, 1.82) is 0 Å². The predicted molar refractivity (Wildman–Crippen MR) is 78.1 cm³/mol. The highest BCUT2D eigenvalue weighted by Crippen LogP contribution is 2.33. The van der Waals surface area contributed by atoms with Gasteiger partial charge in [0.05, 0.1) is 0 Å². The molecule has 4 rings (SSSR count). The van der Waals surface area contributed by atoms with E-state index in [1.165, 1.54) is 48.4 Å². The van der Waals surface area contributed by atoms with E-state index in [4.69, 9.17) is 0 Å². The fraction of sp³-hybridized carbons (Fsp3) is 0.471. The third-order valence-electron chi connectivity index (χ3n) is 4.80. The highest BCUT2D eigenvalue weighted by Gasteiger charge is 2.33. The smallest absolute Gasteiger partial charge is 0.0346 e. The molecule has 0 radical (unpaired) electrons. The van der Waals surface area contributed by atoms with Crippen LogP contribution in [0, 0.1) is 5.92 Å². The van der Waals surface area contributed by atoms with E-state index in [0.717, 1.165) is 18.0 Å². The number of nitrogens with one attached hydrogen (secondary N) is 1. The van der Waals surface area contributed by atoms with Gasteiger partial charge in [-0.15, -0.1) is 0 Å². The maximum absolute atomic E-state index is 4.22. The van der Waals surface area contributed by atoms with E-state index >= 15 is 0 Å². The zero-order valence-corrected chi connectivity index (χ0v) is 11.2. The molecule has 2 fully saturated rings. The molecule has 2 aliphatic rings. The molecule has 0 amide bonds. The lowest BCUT2D eigenvalue weighted by molar-refractivity contribution is 0.298. The van der Waals surface area contributed by atoms with Crippen molar-refractivity contribution >= 4 is 10.8 Å². The van der Waals surface area contributed by atoms with Crippen molar-refractivity contribution < 1.29 is 0 Å². The van der Waals surface area contributed by atoms with Crippen LogP contribution in [0.25, 0.3) is 10.8 Å². The Morgan fingerprint density at radius 1 is 1.05 bits per heavy atom. The Labute approximate surface area is 114 Å². The van der Waals surface area contributed by atoms with Gasteiger partial charge in [0.25, 0.3) is 0 Å². The largest absolute Gasteiger partial charge is 0.311 e. The molecule has 2 heteroatoms. The molecule has 0 saturated carbocycles. The van der Waals surface area contributed by atoms with Crippen LogP contribution in [-0.4, -0.2) is 17.1 Å². The van der Waals surface area contributed by atoms with Gasteiger partial charge < -0.3 is 5.32 Å². The molecule has 2 saturated heterocycles. The number of nitrogens with zero attached hydrogens (tertiary/aromatic N) is 1. The molecule has 3 atom stereocenters. The first-order valence-corrected chi connectivity index (χ1v) is 7.45. The van der Waals surface area contributed by atoms with E-state index in [2.05, 4.69) is 34.6 Å². The maximum Gasteiger partial charge on any atom is 0.0346 e. The Hall–Kier alpha value is -1.41. The van der Waals surface area contributed by atoms with Gasteiger partial charge in [-0.3, -0.25) is 4.98 Å². The molecular weight excluding hydrogens is 232 g/mol. The second-order valence-corrected chi connectivity index (χ2v) is 6.24. The van der Waals surface area contributed by atoms with Gasteiger partial charge in [-0.25, -0.2) is 0 Å². The Balaban J connectivity index is 1.54. The Bertz CT molecular complexity index is 581. The van der Waals surface area contributed by atoms with Gasteiger partial charge >= 0.3 is 0 Å². The topological polar surface area (TPSA) is 24.9 Å². The number of hydrogen-bond acceptors (Lipinski definition) is 2. The lowest BCUT2D eigenvalue weighted by Crippen LogP contribution is -2.38. The van der Waals surface area contributed by atoms with Crippen LogP contribution in [0.3, 0.4) is 0 Å². The molecule has 0 spiro atoms. The average Bonchev–Trinajstić information content (AvgIpc) is 2.78. The zero-order valence-electron chi connectivity index (χ0n) is 11.2. The monoisotopic (exact) mass is 252 g/mol. The summed E-state index contributed by atoms with van der Waals surface area (Å²) in [5, 5.41) is 6.30. The second kappa shape index (κ2) is 4.61. The average molecular weight is 252 g/mol. The number of piperidine rings is 1. The van der Waals surface area contributed by atoms with Crippen molar-refractivity contribution in [3.05, 3.63) is 42.2 Å². The van der Waals surface area contributed by atoms with Crippen LogP contribution in [0.2, 0.25) is 0 Å². The summed E-state index contributed by atoms with van der Waals surface area (Å²) >= 11 is 0. The van der Waals surface area contributed by atoms with Gasteiger partial charge in [0.1, 0.15) is 0 Å². The third kappa shape index (κ3) is 2.25. The van der Waals surface area contributed by atoms with E-state index in [1.54, 1.807) is 0 Å². The minimum absolute atomic E-state index is 0.797. The summed E-state index contributed by atoms with van der Waals surface area (Å²) in [5.41, 5.74) is 1.48. The van der Waals surface area contributed by atoms with Gasteiger partial charge in [0.15, 0.2) is 0 Å². The van der Waals surface area contributed by atoms with Gasteiger partial charge in [0, 0.05) is 29.9 Å². The highest BCUT2D eigenvalue weighted by atomic mass is 15.0. The second-order valence-electron chi connectivity index (χ2n) is 6.24. The quantitative estimate of drug-likeness (QED) is 0.887. The fourth-order valence-corrected chi connectivity index (χ4v) is 3.94. The first-order valence-electron chi connectivity index (χ1n) is 7.45. The Morgan fingerprint density at radius 3 is 2.74 bits per heavy atom. The molecular formula is C17H20N2. The molecule has 2 nitrogen and oxygen atoms in total. The first kappa shape index (κ1) is 11.4. The third-order valence-corrected chi connectivity index (χ3v) is 4.80. The molecule has 0 aliphatic carbocycles. The number of fused-ring (bicyclic) bond motifs is 3. The maximum atomic E-state index is 4.22. The molecule has 1 unspecified atom stereocenters. The van der Waals surface area contributed by atoms with Crippen molar-refractivity contribution in [1.82, 2.24) is 10.3 Å². The number of hydrogen-bond donors (Lipinski definition) is 1. The van der Waals surface area contributed by atoms with Crippen LogP contribution in [0.5, 0.6) is 0 Å². The normalized spacial score (nSPS) is 29.8. The Morgan fingerprint density at radius 2 is 1.89 bits per heavy atom. The van der Waals surface area contributed by atoms with E-state index in [1.807, 2.05) is 12.4 Å². The zero-order chi connectivity index (χ0) is 12.7. The summed E-state index contributed by atoms with van der Waals surface area (Å²) < 4.78 is 0. The fourth-order valence-electron chi connectivity index (χ4n) is 3.94. The van der Waals surface area contributed by atoms with Crippen molar-refractivity contribution in [3.63, 3.8) is 0 Å². The van der Waals surface area contributed by atoms with Crippen LogP contribution >= 0.6 is 0 Å². The molecule has 19 heavy (non-hydrogen) atoms. The van der Waals surface area contributed by atoms with Crippen LogP contribution < -0.4 is 5.32 Å².